The van der Waals surface area contributed by atoms with Crippen LogP contribution in [-0.2, 0) is 42.5 Å². The standard InChI is InChI=1S/C60H74Cl2F2N8O3/c1-8-59-52-28-42(24-38-14-10-9-11-15-38)56(59)68(4)36(2)31-65-51-30-45(25-39-16-19-43(61)20-17-39)69(5)57-48(35-74-7)67-55(60(51,57)58(59)73)37(3)72(52)33-40-18-21-44(62)29-50(40)75-54-46(63)26-41(27-47(54)64)49-32-66-53(70(49)6)34-71-22-12-13-23-71/h9-11,14-21,26-27,29,32,36-37,42,45,48,51-52,55-57,65,67H,8,12-13,22-25,28,30-31,33-35H2,1-7H3/t36-,37-,42+,45-,48+,51?,52?,55?,56?,57?,59?,60?/m0/s1. The number of methoxy groups -OCH3 is 1. The van der Waals surface area contributed by atoms with E-state index >= 15 is 13.6 Å². The van der Waals surface area contributed by atoms with E-state index in [4.69, 9.17) is 32.7 Å². The minimum Gasteiger partial charge on any atom is -0.451 e. The number of Topliss-reactive ketones (excluding diaryl/α,β-unsaturated/α-hetero) is 1. The summed E-state index contributed by atoms with van der Waals surface area (Å²) >= 11 is 13.2. The fourth-order valence-corrected chi connectivity index (χ4v) is 15.9. The molecule has 6 heterocycles. The summed E-state index contributed by atoms with van der Waals surface area (Å²) in [7, 11) is 8.13. The molecule has 4 aromatic carbocycles. The number of ether oxygens (including phenoxy) is 2. The number of benzene rings is 4. The van der Waals surface area contributed by atoms with Crippen LogP contribution in [0.1, 0.15) is 75.4 Å². The van der Waals surface area contributed by atoms with E-state index in [-0.39, 0.29) is 66.0 Å². The van der Waals surface area contributed by atoms with Crippen LogP contribution in [-0.4, -0.2) is 137 Å². The maximum absolute atomic E-state index is 17.5. The van der Waals surface area contributed by atoms with Gasteiger partial charge in [-0.3, -0.25) is 24.4 Å². The van der Waals surface area contributed by atoms with Gasteiger partial charge in [0.05, 0.1) is 35.9 Å². The van der Waals surface area contributed by atoms with Crippen LogP contribution in [0.3, 0.4) is 0 Å². The van der Waals surface area contributed by atoms with Crippen LogP contribution in [0, 0.1) is 28.4 Å². The van der Waals surface area contributed by atoms with Gasteiger partial charge in [-0.25, -0.2) is 13.8 Å². The molecule has 400 valence electrons. The van der Waals surface area contributed by atoms with Crippen molar-refractivity contribution in [3.05, 3.63) is 135 Å². The third kappa shape index (κ3) is 9.07. The van der Waals surface area contributed by atoms with Crippen LogP contribution in [0.4, 0.5) is 8.78 Å². The minimum absolute atomic E-state index is 0.101. The molecule has 6 aliphatic rings. The topological polar surface area (TPSA) is 90.4 Å². The Balaban J connectivity index is 1.02. The third-order valence-corrected chi connectivity index (χ3v) is 19.7. The summed E-state index contributed by atoms with van der Waals surface area (Å²) < 4.78 is 47.7. The molecule has 0 radical (unpaired) electrons. The van der Waals surface area contributed by atoms with Gasteiger partial charge >= 0.3 is 0 Å². The van der Waals surface area contributed by atoms with E-state index in [9.17, 15) is 0 Å². The van der Waals surface area contributed by atoms with Crippen molar-refractivity contribution in [2.24, 2.45) is 23.8 Å². The number of likely N-dealkylation sites (tertiary alicyclic amines) is 3. The van der Waals surface area contributed by atoms with Gasteiger partial charge in [0.1, 0.15) is 11.6 Å². The maximum atomic E-state index is 17.5. The molecule has 11 nitrogen and oxygen atoms in total. The first-order valence-electron chi connectivity index (χ1n) is 27.4. The number of hydrogen-bond acceptors (Lipinski definition) is 10. The van der Waals surface area contributed by atoms with E-state index in [0.717, 1.165) is 69.5 Å². The average molecular weight is 1060 g/mol. The first kappa shape index (κ1) is 52.8. The van der Waals surface area contributed by atoms with Crippen LogP contribution >= 0.6 is 23.2 Å². The van der Waals surface area contributed by atoms with E-state index in [1.54, 1.807) is 19.4 Å². The molecule has 75 heavy (non-hydrogen) atoms. The quantitative estimate of drug-likeness (QED) is 0.112. The van der Waals surface area contributed by atoms with Gasteiger partial charge < -0.3 is 24.7 Å². The van der Waals surface area contributed by atoms with Gasteiger partial charge in [-0.15, -0.1) is 0 Å². The smallest absolute Gasteiger partial charge is 0.198 e. The van der Waals surface area contributed by atoms with E-state index in [0.29, 0.717) is 53.2 Å². The number of nitrogens with one attached hydrogen (secondary N) is 2. The summed E-state index contributed by atoms with van der Waals surface area (Å²) in [5.41, 5.74) is 2.47. The Morgan fingerprint density at radius 3 is 2.25 bits per heavy atom. The lowest BCUT2D eigenvalue weighted by Gasteiger charge is -2.57. The van der Waals surface area contributed by atoms with Gasteiger partial charge in [-0.2, -0.15) is 0 Å². The molecule has 1 spiro atoms. The zero-order valence-corrected chi connectivity index (χ0v) is 46.1. The van der Waals surface area contributed by atoms with Gasteiger partial charge in [0.25, 0.3) is 0 Å². The number of rotatable bonds is 14. The molecule has 11 rings (SSSR count). The molecule has 6 fully saturated rings. The molecule has 2 bridgehead atoms. The molecule has 1 aromatic heterocycles. The van der Waals surface area contributed by atoms with Gasteiger partial charge in [0.15, 0.2) is 23.2 Å². The lowest BCUT2D eigenvalue weighted by molar-refractivity contribution is -0.154. The molecule has 5 aromatic rings. The fourth-order valence-electron chi connectivity index (χ4n) is 15.7. The largest absolute Gasteiger partial charge is 0.451 e. The number of hydrogen-bond donors (Lipinski definition) is 2. The van der Waals surface area contributed by atoms with Crippen LogP contribution < -0.4 is 15.4 Å². The predicted octanol–water partition coefficient (Wildman–Crippen LogP) is 9.81. The Labute approximate surface area is 452 Å². The van der Waals surface area contributed by atoms with Crippen molar-refractivity contribution in [1.29, 1.82) is 0 Å². The molecule has 1 aliphatic carbocycles. The van der Waals surface area contributed by atoms with Crippen LogP contribution in [0.15, 0.2) is 91.1 Å². The second-order valence-electron chi connectivity index (χ2n) is 23.0. The Hall–Kier alpha value is -4.28. The number of nitrogens with zero attached hydrogens (tertiary/aromatic N) is 6. The highest BCUT2D eigenvalue weighted by Gasteiger charge is 2.77. The highest BCUT2D eigenvalue weighted by Crippen LogP contribution is 2.63. The summed E-state index contributed by atoms with van der Waals surface area (Å²) in [6.45, 7) is 11.1. The van der Waals surface area contributed by atoms with E-state index < -0.39 is 28.2 Å². The van der Waals surface area contributed by atoms with Gasteiger partial charge in [-0.05, 0) is 139 Å². The van der Waals surface area contributed by atoms with Crippen LogP contribution in [0.5, 0.6) is 11.5 Å². The van der Waals surface area contributed by atoms with E-state index in [2.05, 4.69) is 113 Å². The summed E-state index contributed by atoms with van der Waals surface area (Å²) in [6.07, 6.45) is 7.82. The summed E-state index contributed by atoms with van der Waals surface area (Å²) in [6, 6.07) is 25.9. The SMILES string of the molecule is CCC12C(=O)C34C5C[C@H](Cc6ccc(Cl)cc6)N(C)C3[C@@H](COC)NC4[C@H](C)N(Cc3ccc(Cl)cc3Oc3c(F)cc(-c4cnc(CN6CCCC6)n4C)cc3F)C1C[C@@H](Cc1ccccc1)C2N(C)[C@@H](C)CN5. The van der Waals surface area contributed by atoms with Crippen molar-refractivity contribution in [3.8, 4) is 22.8 Å². The van der Waals surface area contributed by atoms with Crippen molar-refractivity contribution in [3.63, 3.8) is 0 Å². The molecule has 0 amide bonds. The van der Waals surface area contributed by atoms with Gasteiger partial charge in [0, 0.05) is 103 Å². The predicted molar refractivity (Wildman–Crippen MR) is 292 cm³/mol. The summed E-state index contributed by atoms with van der Waals surface area (Å²) in [4.78, 5) is 32.1. The summed E-state index contributed by atoms with van der Waals surface area (Å²) in [5, 5.41) is 9.43. The molecule has 1 saturated carbocycles. The maximum Gasteiger partial charge on any atom is 0.198 e. The van der Waals surface area contributed by atoms with E-state index in [1.807, 2.05) is 35.9 Å². The first-order chi connectivity index (χ1) is 36.2. The molecule has 12 atom stereocenters. The number of ketones is 1. The van der Waals surface area contributed by atoms with Crippen molar-refractivity contribution >= 4 is 29.0 Å². The van der Waals surface area contributed by atoms with E-state index in [1.165, 1.54) is 23.3 Å². The van der Waals surface area contributed by atoms with Crippen LogP contribution in [0.2, 0.25) is 10.0 Å². The van der Waals surface area contributed by atoms with Gasteiger partial charge in [0.2, 0.25) is 0 Å². The summed E-state index contributed by atoms with van der Waals surface area (Å²) in [5.74, 6) is -0.579. The average Bonchev–Trinajstić information content (AvgIpc) is 4.32. The zero-order valence-electron chi connectivity index (χ0n) is 44.5. The molecule has 2 N–H and O–H groups in total. The molecular weight excluding hydrogens is 990 g/mol. The Morgan fingerprint density at radius 1 is 0.840 bits per heavy atom. The number of halogens is 4. The number of aromatic nitrogens is 2. The number of imidazole rings is 1. The highest BCUT2D eigenvalue weighted by atomic mass is 35.5. The lowest BCUT2D eigenvalue weighted by Crippen LogP contribution is -2.73. The second kappa shape index (κ2) is 21.2. The van der Waals surface area contributed by atoms with Crippen LogP contribution in [0.25, 0.3) is 11.3 Å². The Morgan fingerprint density at radius 2 is 1.55 bits per heavy atom. The van der Waals surface area contributed by atoms with Gasteiger partial charge in [-0.1, -0.05) is 78.7 Å². The Bertz CT molecular complexity index is 2850. The number of likely N-dealkylation sites (N-methyl/N-ethyl adjacent to an activating group) is 2. The zero-order chi connectivity index (χ0) is 52.5. The molecule has 5 saturated heterocycles. The first-order valence-corrected chi connectivity index (χ1v) is 28.1. The number of piperidine rings is 1. The third-order valence-electron chi connectivity index (χ3n) is 19.2. The minimum atomic E-state index is -0.877. The molecule has 7 unspecified atom stereocenters. The number of carbonyl (C=O) groups is 1. The Kier molecular flexibility index (Phi) is 14.9. The highest BCUT2D eigenvalue weighted by molar-refractivity contribution is 6.31. The fraction of sp³-hybridized carbons (Fsp3) is 0.533. The van der Waals surface area contributed by atoms with Crippen molar-refractivity contribution in [2.45, 2.75) is 133 Å². The van der Waals surface area contributed by atoms with Crippen molar-refractivity contribution in [2.75, 3.05) is 47.4 Å². The van der Waals surface area contributed by atoms with Crippen molar-refractivity contribution in [1.82, 2.24) is 39.8 Å². The monoisotopic (exact) mass is 1060 g/mol. The second-order valence-corrected chi connectivity index (χ2v) is 23.8. The molecule has 15 heteroatoms. The molecule has 5 aliphatic heterocycles. The molecular formula is C60H74Cl2F2N8O3. The lowest BCUT2D eigenvalue weighted by atomic mass is 9.54. The normalized spacial score (nSPS) is 32.3. The number of carbonyl (C=O) groups excluding carboxylic acids is 1. The van der Waals surface area contributed by atoms with Crippen molar-refractivity contribution < 1.29 is 23.0 Å².